The van der Waals surface area contributed by atoms with E-state index in [1.807, 2.05) is 18.2 Å². The molecule has 0 bridgehead atoms. The monoisotopic (exact) mass is 191 g/mol. The van der Waals surface area contributed by atoms with Crippen LogP contribution in [-0.2, 0) is 12.0 Å². The Balaban J connectivity index is 2.43. The van der Waals surface area contributed by atoms with E-state index in [0.29, 0.717) is 13.0 Å². The van der Waals surface area contributed by atoms with Crippen molar-refractivity contribution in [2.24, 2.45) is 11.7 Å². The van der Waals surface area contributed by atoms with Crippen LogP contribution in [0.1, 0.15) is 24.5 Å². The van der Waals surface area contributed by atoms with Gasteiger partial charge in [0, 0.05) is 0 Å². The molecule has 1 aliphatic carbocycles. The molecule has 1 aromatic carbocycles. The molecule has 2 atom stereocenters. The van der Waals surface area contributed by atoms with E-state index in [0.717, 1.165) is 12.0 Å². The lowest BCUT2D eigenvalue weighted by molar-refractivity contribution is -0.0101. The first kappa shape index (κ1) is 9.69. The average Bonchev–Trinajstić information content (AvgIpc) is 2.41. The zero-order chi connectivity index (χ0) is 10.2. The van der Waals surface area contributed by atoms with Gasteiger partial charge >= 0.3 is 0 Å². The molecular formula is C12H17NO. The zero-order valence-corrected chi connectivity index (χ0v) is 8.53. The number of fused-ring (bicyclic) bond motifs is 1. The smallest absolute Gasteiger partial charge is 0.0939 e. The third kappa shape index (κ3) is 1.26. The van der Waals surface area contributed by atoms with Crippen molar-refractivity contribution in [3.8, 4) is 0 Å². The molecule has 2 heteroatoms. The molecule has 0 radical (unpaired) electrons. The van der Waals surface area contributed by atoms with Crippen LogP contribution in [0.3, 0.4) is 0 Å². The van der Waals surface area contributed by atoms with Crippen molar-refractivity contribution in [2.75, 3.05) is 6.54 Å². The first-order valence-corrected chi connectivity index (χ1v) is 5.19. The second kappa shape index (κ2) is 3.37. The Morgan fingerprint density at radius 3 is 2.93 bits per heavy atom. The molecule has 0 fully saturated rings. The van der Waals surface area contributed by atoms with Crippen LogP contribution < -0.4 is 5.73 Å². The Hall–Kier alpha value is -0.860. The van der Waals surface area contributed by atoms with Gasteiger partial charge in [-0.1, -0.05) is 31.2 Å². The summed E-state index contributed by atoms with van der Waals surface area (Å²) >= 11 is 0. The first-order valence-electron chi connectivity index (χ1n) is 5.19. The molecule has 0 spiro atoms. The molecule has 76 valence electrons. The molecule has 0 amide bonds. The molecule has 0 aliphatic heterocycles. The largest absolute Gasteiger partial charge is 0.385 e. The minimum atomic E-state index is -0.689. The quantitative estimate of drug-likeness (QED) is 0.742. The van der Waals surface area contributed by atoms with E-state index >= 15 is 0 Å². The van der Waals surface area contributed by atoms with Crippen LogP contribution in [0.5, 0.6) is 0 Å². The topological polar surface area (TPSA) is 46.2 Å². The molecule has 0 heterocycles. The summed E-state index contributed by atoms with van der Waals surface area (Å²) in [7, 11) is 0. The molecular weight excluding hydrogens is 174 g/mol. The molecule has 0 aromatic heterocycles. The Morgan fingerprint density at radius 2 is 2.21 bits per heavy atom. The fraction of sp³-hybridized carbons (Fsp3) is 0.500. The van der Waals surface area contributed by atoms with Gasteiger partial charge in [-0.15, -0.1) is 0 Å². The van der Waals surface area contributed by atoms with Gasteiger partial charge in [0.2, 0.25) is 0 Å². The van der Waals surface area contributed by atoms with Gasteiger partial charge in [-0.05, 0) is 36.4 Å². The summed E-state index contributed by atoms with van der Waals surface area (Å²) in [6, 6.07) is 8.13. The van der Waals surface area contributed by atoms with Gasteiger partial charge in [0.1, 0.15) is 0 Å². The summed E-state index contributed by atoms with van der Waals surface area (Å²) in [5.41, 5.74) is 7.22. The van der Waals surface area contributed by atoms with Crippen molar-refractivity contribution in [1.82, 2.24) is 0 Å². The average molecular weight is 191 g/mol. The summed E-state index contributed by atoms with van der Waals surface area (Å²) in [5.74, 6) is 0.281. The maximum absolute atomic E-state index is 10.5. The highest BCUT2D eigenvalue weighted by atomic mass is 16.3. The lowest BCUT2D eigenvalue weighted by atomic mass is 9.85. The van der Waals surface area contributed by atoms with E-state index < -0.39 is 5.60 Å². The SMILES string of the molecule is CC1Cc2ccccc2C1(O)CCN. The van der Waals surface area contributed by atoms with Gasteiger partial charge in [-0.25, -0.2) is 0 Å². The predicted molar refractivity (Wildman–Crippen MR) is 56.9 cm³/mol. The van der Waals surface area contributed by atoms with Gasteiger partial charge in [-0.2, -0.15) is 0 Å². The molecule has 0 saturated carbocycles. The van der Waals surface area contributed by atoms with Gasteiger partial charge in [0.15, 0.2) is 0 Å². The summed E-state index contributed by atoms with van der Waals surface area (Å²) in [6.07, 6.45) is 1.62. The Labute approximate surface area is 84.7 Å². The number of hydrogen-bond donors (Lipinski definition) is 2. The highest BCUT2D eigenvalue weighted by Gasteiger charge is 2.41. The minimum Gasteiger partial charge on any atom is -0.385 e. The van der Waals surface area contributed by atoms with E-state index in [4.69, 9.17) is 5.73 Å². The molecule has 2 unspecified atom stereocenters. The van der Waals surface area contributed by atoms with Crippen LogP contribution in [0.25, 0.3) is 0 Å². The number of aliphatic hydroxyl groups is 1. The van der Waals surface area contributed by atoms with Crippen molar-refractivity contribution < 1.29 is 5.11 Å². The Kier molecular flexibility index (Phi) is 2.33. The lowest BCUT2D eigenvalue weighted by Gasteiger charge is -2.28. The second-order valence-electron chi connectivity index (χ2n) is 4.23. The predicted octanol–water partition coefficient (Wildman–Crippen LogP) is 1.42. The Bertz CT molecular complexity index is 337. The van der Waals surface area contributed by atoms with Crippen molar-refractivity contribution in [2.45, 2.75) is 25.4 Å². The number of benzene rings is 1. The molecule has 2 rings (SSSR count). The molecule has 3 N–H and O–H groups in total. The molecule has 14 heavy (non-hydrogen) atoms. The van der Waals surface area contributed by atoms with Gasteiger partial charge in [-0.3, -0.25) is 0 Å². The number of hydrogen-bond acceptors (Lipinski definition) is 2. The van der Waals surface area contributed by atoms with Crippen LogP contribution in [0, 0.1) is 5.92 Å². The summed E-state index contributed by atoms with van der Waals surface area (Å²) in [6.45, 7) is 2.63. The van der Waals surface area contributed by atoms with E-state index in [1.165, 1.54) is 5.56 Å². The van der Waals surface area contributed by atoms with Crippen molar-refractivity contribution in [1.29, 1.82) is 0 Å². The minimum absolute atomic E-state index is 0.281. The van der Waals surface area contributed by atoms with Crippen molar-refractivity contribution in [3.05, 3.63) is 35.4 Å². The van der Waals surface area contributed by atoms with Gasteiger partial charge in [0.05, 0.1) is 5.60 Å². The van der Waals surface area contributed by atoms with E-state index in [9.17, 15) is 5.11 Å². The summed E-state index contributed by atoms with van der Waals surface area (Å²) in [5, 5.41) is 10.5. The molecule has 1 aromatic rings. The van der Waals surface area contributed by atoms with E-state index in [-0.39, 0.29) is 5.92 Å². The third-order valence-corrected chi connectivity index (χ3v) is 3.35. The van der Waals surface area contributed by atoms with Gasteiger partial charge < -0.3 is 10.8 Å². The number of rotatable bonds is 2. The van der Waals surface area contributed by atoms with Crippen LogP contribution in [0.4, 0.5) is 0 Å². The van der Waals surface area contributed by atoms with Crippen LogP contribution in [0.15, 0.2) is 24.3 Å². The molecule has 1 aliphatic rings. The first-order chi connectivity index (χ1) is 6.68. The lowest BCUT2D eigenvalue weighted by Crippen LogP contribution is -2.32. The van der Waals surface area contributed by atoms with Crippen LogP contribution in [-0.4, -0.2) is 11.7 Å². The maximum atomic E-state index is 10.5. The number of nitrogens with two attached hydrogens (primary N) is 1. The second-order valence-corrected chi connectivity index (χ2v) is 4.23. The van der Waals surface area contributed by atoms with Crippen molar-refractivity contribution in [3.63, 3.8) is 0 Å². The van der Waals surface area contributed by atoms with Gasteiger partial charge in [0.25, 0.3) is 0 Å². The van der Waals surface area contributed by atoms with E-state index in [2.05, 4.69) is 13.0 Å². The fourth-order valence-electron chi connectivity index (χ4n) is 2.49. The summed E-state index contributed by atoms with van der Waals surface area (Å²) < 4.78 is 0. The van der Waals surface area contributed by atoms with E-state index in [1.54, 1.807) is 0 Å². The summed E-state index contributed by atoms with van der Waals surface area (Å²) in [4.78, 5) is 0. The molecule has 2 nitrogen and oxygen atoms in total. The van der Waals surface area contributed by atoms with Crippen LogP contribution in [0.2, 0.25) is 0 Å². The Morgan fingerprint density at radius 1 is 1.50 bits per heavy atom. The normalized spacial score (nSPS) is 30.4. The van der Waals surface area contributed by atoms with Crippen molar-refractivity contribution >= 4 is 0 Å². The standard InChI is InChI=1S/C12H17NO/c1-9-8-10-4-2-3-5-11(10)12(9,14)6-7-13/h2-5,9,14H,6-8,13H2,1H3. The zero-order valence-electron chi connectivity index (χ0n) is 8.53. The maximum Gasteiger partial charge on any atom is 0.0939 e. The highest BCUT2D eigenvalue weighted by Crippen LogP contribution is 2.43. The third-order valence-electron chi connectivity index (χ3n) is 3.35. The molecule has 0 saturated heterocycles. The highest BCUT2D eigenvalue weighted by molar-refractivity contribution is 5.38. The van der Waals surface area contributed by atoms with Crippen LogP contribution >= 0.6 is 0 Å². The fourth-order valence-corrected chi connectivity index (χ4v) is 2.49.